The second kappa shape index (κ2) is 5.11. The van der Waals surface area contributed by atoms with Crippen molar-refractivity contribution in [2.75, 3.05) is 0 Å². The van der Waals surface area contributed by atoms with Crippen LogP contribution in [0.1, 0.15) is 17.2 Å². The Morgan fingerprint density at radius 2 is 1.82 bits per heavy atom. The summed E-state index contributed by atoms with van der Waals surface area (Å²) >= 11 is 0. The van der Waals surface area contributed by atoms with Crippen LogP contribution in [0.2, 0.25) is 0 Å². The molecule has 5 nitrogen and oxygen atoms in total. The molecule has 0 fully saturated rings. The average Bonchev–Trinajstić information content (AvgIpc) is 2.25. The van der Waals surface area contributed by atoms with Crippen LogP contribution in [0.3, 0.4) is 0 Å². The molecule has 2 N–H and O–H groups in total. The van der Waals surface area contributed by atoms with E-state index in [1.165, 1.54) is 12.1 Å². The first-order valence-corrected chi connectivity index (χ1v) is 6.25. The molecule has 1 unspecified atom stereocenters. The standard InChI is InChI=1S/C11H12O5S/c1-8(11(12)13)7-10(17(14,15)16)9-5-3-2-4-6-9/h2-6,10H,1,7H2,(H,12,13)(H,14,15,16). The van der Waals surface area contributed by atoms with Crippen molar-refractivity contribution in [2.45, 2.75) is 11.7 Å². The average molecular weight is 256 g/mol. The molecule has 0 aromatic heterocycles. The second-order valence-electron chi connectivity index (χ2n) is 3.53. The third-order valence-corrected chi connectivity index (χ3v) is 3.42. The van der Waals surface area contributed by atoms with Gasteiger partial charge < -0.3 is 5.11 Å². The molecule has 6 heteroatoms. The van der Waals surface area contributed by atoms with E-state index in [1.807, 2.05) is 0 Å². The fourth-order valence-corrected chi connectivity index (χ4v) is 2.29. The zero-order chi connectivity index (χ0) is 13.1. The van der Waals surface area contributed by atoms with Crippen LogP contribution in [0.4, 0.5) is 0 Å². The van der Waals surface area contributed by atoms with Crippen molar-refractivity contribution in [3.8, 4) is 0 Å². The van der Waals surface area contributed by atoms with E-state index in [-0.39, 0.29) is 12.0 Å². The fourth-order valence-electron chi connectivity index (χ4n) is 1.37. The van der Waals surface area contributed by atoms with Crippen LogP contribution in [0, 0.1) is 0 Å². The topological polar surface area (TPSA) is 91.7 Å². The van der Waals surface area contributed by atoms with E-state index >= 15 is 0 Å². The van der Waals surface area contributed by atoms with Crippen molar-refractivity contribution in [1.29, 1.82) is 0 Å². The van der Waals surface area contributed by atoms with Gasteiger partial charge in [-0.1, -0.05) is 36.9 Å². The van der Waals surface area contributed by atoms with Crippen molar-refractivity contribution < 1.29 is 22.9 Å². The van der Waals surface area contributed by atoms with E-state index in [4.69, 9.17) is 9.66 Å². The molecule has 17 heavy (non-hydrogen) atoms. The lowest BCUT2D eigenvalue weighted by Crippen LogP contribution is -2.15. The zero-order valence-electron chi connectivity index (χ0n) is 8.91. The molecule has 0 aliphatic heterocycles. The number of carboxylic acid groups (broad SMARTS) is 1. The quantitative estimate of drug-likeness (QED) is 0.617. The lowest BCUT2D eigenvalue weighted by Gasteiger charge is -2.13. The third-order valence-electron chi connectivity index (χ3n) is 2.27. The normalized spacial score (nSPS) is 13.0. The first-order chi connectivity index (χ1) is 7.82. The van der Waals surface area contributed by atoms with E-state index in [0.29, 0.717) is 5.56 Å². The smallest absolute Gasteiger partial charge is 0.331 e. The van der Waals surface area contributed by atoms with Gasteiger partial charge in [-0.05, 0) is 5.56 Å². The number of carbonyl (C=O) groups is 1. The van der Waals surface area contributed by atoms with Crippen LogP contribution < -0.4 is 0 Å². The lowest BCUT2D eigenvalue weighted by molar-refractivity contribution is -0.132. The third kappa shape index (κ3) is 3.69. The summed E-state index contributed by atoms with van der Waals surface area (Å²) in [6.07, 6.45) is -0.349. The van der Waals surface area contributed by atoms with Gasteiger partial charge in [0.2, 0.25) is 0 Å². The Hall–Kier alpha value is -1.66. The Balaban J connectivity index is 3.07. The molecule has 1 atom stereocenters. The van der Waals surface area contributed by atoms with Gasteiger partial charge >= 0.3 is 5.97 Å². The molecule has 0 amide bonds. The molecule has 1 aromatic rings. The van der Waals surface area contributed by atoms with Crippen LogP contribution in [0.25, 0.3) is 0 Å². The molecular formula is C11H12O5S. The van der Waals surface area contributed by atoms with Crippen molar-refractivity contribution in [1.82, 2.24) is 0 Å². The van der Waals surface area contributed by atoms with Crippen molar-refractivity contribution in [3.63, 3.8) is 0 Å². The first kappa shape index (κ1) is 13.4. The van der Waals surface area contributed by atoms with Gasteiger partial charge in [0.05, 0.1) is 0 Å². The van der Waals surface area contributed by atoms with E-state index in [9.17, 15) is 13.2 Å². The maximum absolute atomic E-state index is 11.2. The predicted molar refractivity (Wildman–Crippen MR) is 62.1 cm³/mol. The molecule has 92 valence electrons. The summed E-state index contributed by atoms with van der Waals surface area (Å²) in [6.45, 7) is 3.26. The van der Waals surface area contributed by atoms with Gasteiger partial charge in [-0.25, -0.2) is 4.79 Å². The molecule has 1 rings (SSSR count). The second-order valence-corrected chi connectivity index (χ2v) is 5.13. The van der Waals surface area contributed by atoms with Crippen LogP contribution in [0.5, 0.6) is 0 Å². The number of hydrogen-bond donors (Lipinski definition) is 2. The fraction of sp³-hybridized carbons (Fsp3) is 0.182. The van der Waals surface area contributed by atoms with E-state index in [2.05, 4.69) is 6.58 Å². The van der Waals surface area contributed by atoms with Crippen LogP contribution in [-0.2, 0) is 14.9 Å². The van der Waals surface area contributed by atoms with E-state index in [1.54, 1.807) is 18.2 Å². The van der Waals surface area contributed by atoms with E-state index < -0.39 is 21.3 Å². The van der Waals surface area contributed by atoms with E-state index in [0.717, 1.165) is 0 Å². The maximum atomic E-state index is 11.2. The molecule has 0 bridgehead atoms. The van der Waals surface area contributed by atoms with Crippen LogP contribution in [-0.4, -0.2) is 24.0 Å². The lowest BCUT2D eigenvalue weighted by atomic mass is 10.1. The molecule has 1 aromatic carbocycles. The summed E-state index contributed by atoms with van der Waals surface area (Å²) in [5.74, 6) is -1.28. The summed E-state index contributed by atoms with van der Waals surface area (Å²) in [5, 5.41) is 7.37. The van der Waals surface area contributed by atoms with Crippen molar-refractivity contribution >= 4 is 16.1 Å². The Morgan fingerprint density at radius 1 is 1.29 bits per heavy atom. The van der Waals surface area contributed by atoms with Gasteiger partial charge in [0.25, 0.3) is 10.1 Å². The molecule has 0 saturated heterocycles. The largest absolute Gasteiger partial charge is 0.478 e. The highest BCUT2D eigenvalue weighted by atomic mass is 32.2. The Kier molecular flexibility index (Phi) is 4.03. The number of aliphatic carboxylic acids is 1. The summed E-state index contributed by atoms with van der Waals surface area (Å²) in [7, 11) is -4.37. The highest BCUT2D eigenvalue weighted by molar-refractivity contribution is 7.86. The number of carboxylic acids is 1. The molecule has 0 spiro atoms. The molecule has 0 aliphatic rings. The molecule has 0 aliphatic carbocycles. The predicted octanol–water partition coefficient (Wildman–Crippen LogP) is 1.65. The summed E-state index contributed by atoms with van der Waals surface area (Å²) in [6, 6.07) is 7.92. The Morgan fingerprint density at radius 3 is 2.24 bits per heavy atom. The Labute approximate surface area is 99.2 Å². The highest BCUT2D eigenvalue weighted by Gasteiger charge is 2.27. The highest BCUT2D eigenvalue weighted by Crippen LogP contribution is 2.27. The van der Waals surface area contributed by atoms with Gasteiger partial charge in [0.15, 0.2) is 0 Å². The summed E-state index contributed by atoms with van der Waals surface area (Å²) < 4.78 is 31.5. The maximum Gasteiger partial charge on any atom is 0.331 e. The van der Waals surface area contributed by atoms with Crippen molar-refractivity contribution in [3.05, 3.63) is 48.0 Å². The van der Waals surface area contributed by atoms with Gasteiger partial charge in [-0.3, -0.25) is 4.55 Å². The van der Waals surface area contributed by atoms with Gasteiger partial charge in [-0.15, -0.1) is 0 Å². The zero-order valence-corrected chi connectivity index (χ0v) is 9.72. The minimum absolute atomic E-state index is 0.267. The minimum Gasteiger partial charge on any atom is -0.478 e. The summed E-state index contributed by atoms with van der Waals surface area (Å²) in [5.41, 5.74) is 0.0638. The monoisotopic (exact) mass is 256 g/mol. The summed E-state index contributed by atoms with van der Waals surface area (Å²) in [4.78, 5) is 10.6. The Bertz CT molecular complexity index is 518. The number of rotatable bonds is 5. The van der Waals surface area contributed by atoms with Crippen LogP contribution >= 0.6 is 0 Å². The van der Waals surface area contributed by atoms with Crippen LogP contribution in [0.15, 0.2) is 42.5 Å². The molecular weight excluding hydrogens is 244 g/mol. The molecule has 0 saturated carbocycles. The minimum atomic E-state index is -4.37. The van der Waals surface area contributed by atoms with Gasteiger partial charge in [-0.2, -0.15) is 8.42 Å². The number of benzene rings is 1. The van der Waals surface area contributed by atoms with Crippen molar-refractivity contribution in [2.24, 2.45) is 0 Å². The van der Waals surface area contributed by atoms with Gasteiger partial charge in [0.1, 0.15) is 5.25 Å². The number of hydrogen-bond acceptors (Lipinski definition) is 3. The first-order valence-electron chi connectivity index (χ1n) is 4.74. The van der Waals surface area contributed by atoms with Gasteiger partial charge in [0, 0.05) is 12.0 Å². The molecule has 0 radical (unpaired) electrons. The molecule has 0 heterocycles. The SMILES string of the molecule is C=C(CC(c1ccccc1)S(=O)(=O)O)C(=O)O.